The Bertz CT molecular complexity index is 281. The predicted molar refractivity (Wildman–Crippen MR) is 78.1 cm³/mol. The van der Waals surface area contributed by atoms with Crippen molar-refractivity contribution in [1.29, 1.82) is 0 Å². The van der Waals surface area contributed by atoms with Crippen LogP contribution in [0, 0.1) is 0 Å². The van der Waals surface area contributed by atoms with Gasteiger partial charge in [-0.25, -0.2) is 0 Å². The molecule has 1 rings (SSSR count). The molecule has 102 valence electrons. The summed E-state index contributed by atoms with van der Waals surface area (Å²) < 4.78 is 5.86. The van der Waals surface area contributed by atoms with Gasteiger partial charge in [0.15, 0.2) is 0 Å². The van der Waals surface area contributed by atoms with Gasteiger partial charge in [-0.05, 0) is 25.5 Å². The van der Waals surface area contributed by atoms with Crippen LogP contribution in [-0.4, -0.2) is 13.2 Å². The molecule has 18 heavy (non-hydrogen) atoms. The highest BCUT2D eigenvalue weighted by Crippen LogP contribution is 2.18. The van der Waals surface area contributed by atoms with E-state index >= 15 is 0 Å². The number of ether oxygens (including phenoxy) is 1. The Hall–Kier alpha value is -1.02. The van der Waals surface area contributed by atoms with Crippen LogP contribution in [0.5, 0.6) is 5.75 Å². The van der Waals surface area contributed by atoms with Gasteiger partial charge in [0.05, 0.1) is 6.61 Å². The van der Waals surface area contributed by atoms with Crippen molar-refractivity contribution in [1.82, 2.24) is 5.32 Å². The molecule has 0 fully saturated rings. The van der Waals surface area contributed by atoms with Gasteiger partial charge in [-0.2, -0.15) is 0 Å². The fourth-order valence-corrected chi connectivity index (χ4v) is 1.85. The molecule has 0 aliphatic heterocycles. The lowest BCUT2D eigenvalue weighted by Crippen LogP contribution is -2.15. The van der Waals surface area contributed by atoms with Gasteiger partial charge in [-0.15, -0.1) is 0 Å². The van der Waals surface area contributed by atoms with Gasteiger partial charge in [-0.1, -0.05) is 51.3 Å². The van der Waals surface area contributed by atoms with Crippen LogP contribution in [0.1, 0.15) is 51.5 Å². The zero-order valence-corrected chi connectivity index (χ0v) is 11.9. The van der Waals surface area contributed by atoms with Crippen LogP contribution in [0.3, 0.4) is 0 Å². The van der Waals surface area contributed by atoms with E-state index < -0.39 is 0 Å². The van der Waals surface area contributed by atoms with E-state index in [0.29, 0.717) is 0 Å². The van der Waals surface area contributed by atoms with Crippen molar-refractivity contribution in [3.8, 4) is 5.75 Å². The zero-order chi connectivity index (χ0) is 13.1. The van der Waals surface area contributed by atoms with Crippen molar-refractivity contribution in [2.24, 2.45) is 0 Å². The molecular weight excluding hydrogens is 222 g/mol. The summed E-state index contributed by atoms with van der Waals surface area (Å²) in [4.78, 5) is 0. The molecule has 0 aromatic heterocycles. The van der Waals surface area contributed by atoms with Crippen molar-refractivity contribution >= 4 is 0 Å². The normalized spacial score (nSPS) is 10.6. The van der Waals surface area contributed by atoms with E-state index in [4.69, 9.17) is 4.74 Å². The maximum atomic E-state index is 5.86. The Kier molecular flexibility index (Phi) is 8.32. The molecule has 2 heteroatoms. The van der Waals surface area contributed by atoms with Gasteiger partial charge in [0.2, 0.25) is 0 Å². The highest BCUT2D eigenvalue weighted by molar-refractivity contribution is 5.33. The molecule has 0 heterocycles. The van der Waals surface area contributed by atoms with Gasteiger partial charge in [0, 0.05) is 12.1 Å². The minimum absolute atomic E-state index is 0.833. The Balaban J connectivity index is 2.36. The summed E-state index contributed by atoms with van der Waals surface area (Å²) in [5.74, 6) is 1.04. The number of benzene rings is 1. The van der Waals surface area contributed by atoms with Crippen molar-refractivity contribution in [2.75, 3.05) is 13.2 Å². The minimum atomic E-state index is 0.833. The summed E-state index contributed by atoms with van der Waals surface area (Å²) in [7, 11) is 0. The first kappa shape index (κ1) is 15.0. The predicted octanol–water partition coefficient (Wildman–Crippen LogP) is 4.15. The van der Waals surface area contributed by atoms with Crippen LogP contribution in [-0.2, 0) is 6.54 Å². The third-order valence-corrected chi connectivity index (χ3v) is 3.00. The number of hydrogen-bond acceptors (Lipinski definition) is 2. The molecule has 0 amide bonds. The molecule has 0 saturated carbocycles. The molecule has 1 aromatic rings. The summed E-state index contributed by atoms with van der Waals surface area (Å²) in [5.41, 5.74) is 1.27. The number of para-hydroxylation sites is 1. The van der Waals surface area contributed by atoms with Crippen LogP contribution in [0.25, 0.3) is 0 Å². The standard InChI is InChI=1S/C16H27NO/c1-3-5-9-13-18-16-11-8-7-10-15(16)14-17-12-6-4-2/h7-8,10-11,17H,3-6,9,12-14H2,1-2H3. The van der Waals surface area contributed by atoms with Crippen molar-refractivity contribution in [3.63, 3.8) is 0 Å². The third-order valence-electron chi connectivity index (χ3n) is 3.00. The van der Waals surface area contributed by atoms with Crippen molar-refractivity contribution in [2.45, 2.75) is 52.5 Å². The van der Waals surface area contributed by atoms with E-state index in [2.05, 4.69) is 37.4 Å². The molecule has 1 aromatic carbocycles. The Morgan fingerprint density at radius 1 is 1.00 bits per heavy atom. The maximum absolute atomic E-state index is 5.86. The fourth-order valence-electron chi connectivity index (χ4n) is 1.85. The highest BCUT2D eigenvalue weighted by atomic mass is 16.5. The molecule has 0 atom stereocenters. The van der Waals surface area contributed by atoms with E-state index in [9.17, 15) is 0 Å². The molecule has 0 radical (unpaired) electrons. The topological polar surface area (TPSA) is 21.3 Å². The van der Waals surface area contributed by atoms with Crippen molar-refractivity contribution < 1.29 is 4.74 Å². The lowest BCUT2D eigenvalue weighted by atomic mass is 10.2. The van der Waals surface area contributed by atoms with Gasteiger partial charge in [0.1, 0.15) is 5.75 Å². The Morgan fingerprint density at radius 3 is 2.56 bits per heavy atom. The highest BCUT2D eigenvalue weighted by Gasteiger charge is 2.01. The van der Waals surface area contributed by atoms with Crippen LogP contribution >= 0.6 is 0 Å². The first-order valence-electron chi connectivity index (χ1n) is 7.30. The van der Waals surface area contributed by atoms with Crippen LogP contribution in [0.2, 0.25) is 0 Å². The largest absolute Gasteiger partial charge is 0.493 e. The summed E-state index contributed by atoms with van der Waals surface area (Å²) in [5, 5.41) is 3.46. The van der Waals surface area contributed by atoms with Gasteiger partial charge in [0.25, 0.3) is 0 Å². The van der Waals surface area contributed by atoms with E-state index in [0.717, 1.165) is 31.9 Å². The molecular formula is C16H27NO. The van der Waals surface area contributed by atoms with Crippen LogP contribution in [0.15, 0.2) is 24.3 Å². The molecule has 0 unspecified atom stereocenters. The lowest BCUT2D eigenvalue weighted by Gasteiger charge is -2.12. The molecule has 0 saturated heterocycles. The van der Waals surface area contributed by atoms with E-state index in [1.165, 1.54) is 31.2 Å². The van der Waals surface area contributed by atoms with Crippen LogP contribution in [0.4, 0.5) is 0 Å². The number of hydrogen-bond donors (Lipinski definition) is 1. The third kappa shape index (κ3) is 6.06. The average Bonchev–Trinajstić information content (AvgIpc) is 2.41. The van der Waals surface area contributed by atoms with Gasteiger partial charge < -0.3 is 10.1 Å². The summed E-state index contributed by atoms with van der Waals surface area (Å²) in [6.45, 7) is 7.25. The quantitative estimate of drug-likeness (QED) is 0.629. The molecule has 0 bridgehead atoms. The van der Waals surface area contributed by atoms with E-state index in [1.807, 2.05) is 6.07 Å². The minimum Gasteiger partial charge on any atom is -0.493 e. The second-order valence-corrected chi connectivity index (χ2v) is 4.69. The second kappa shape index (κ2) is 9.95. The number of rotatable bonds is 10. The lowest BCUT2D eigenvalue weighted by molar-refractivity contribution is 0.302. The molecule has 1 N–H and O–H groups in total. The van der Waals surface area contributed by atoms with E-state index in [1.54, 1.807) is 0 Å². The second-order valence-electron chi connectivity index (χ2n) is 4.69. The summed E-state index contributed by atoms with van der Waals surface area (Å²) in [6, 6.07) is 8.34. The summed E-state index contributed by atoms with van der Waals surface area (Å²) in [6.07, 6.45) is 6.11. The van der Waals surface area contributed by atoms with Gasteiger partial charge >= 0.3 is 0 Å². The first-order valence-corrected chi connectivity index (χ1v) is 7.30. The molecule has 0 aliphatic carbocycles. The molecule has 0 spiro atoms. The Morgan fingerprint density at radius 2 is 1.78 bits per heavy atom. The SMILES string of the molecule is CCCCCOc1ccccc1CNCCCC. The van der Waals surface area contributed by atoms with E-state index in [-0.39, 0.29) is 0 Å². The molecule has 2 nitrogen and oxygen atoms in total. The number of unbranched alkanes of at least 4 members (excludes halogenated alkanes) is 3. The fraction of sp³-hybridized carbons (Fsp3) is 0.625. The Labute approximate surface area is 112 Å². The molecule has 0 aliphatic rings. The maximum Gasteiger partial charge on any atom is 0.123 e. The first-order chi connectivity index (χ1) is 8.88. The van der Waals surface area contributed by atoms with Crippen molar-refractivity contribution in [3.05, 3.63) is 29.8 Å². The monoisotopic (exact) mass is 249 g/mol. The summed E-state index contributed by atoms with van der Waals surface area (Å²) >= 11 is 0. The zero-order valence-electron chi connectivity index (χ0n) is 11.9. The average molecular weight is 249 g/mol. The van der Waals surface area contributed by atoms with Gasteiger partial charge in [-0.3, -0.25) is 0 Å². The number of nitrogens with one attached hydrogen (secondary N) is 1. The van der Waals surface area contributed by atoms with Crippen LogP contribution < -0.4 is 10.1 Å². The smallest absolute Gasteiger partial charge is 0.123 e.